The number of aromatic nitrogens is 3. The van der Waals surface area contributed by atoms with Gasteiger partial charge in [-0.1, -0.05) is 29.8 Å². The van der Waals surface area contributed by atoms with E-state index in [1.165, 1.54) is 6.33 Å². The number of carboxylic acid groups (broad SMARTS) is 1. The van der Waals surface area contributed by atoms with E-state index in [4.69, 9.17) is 16.7 Å². The van der Waals surface area contributed by atoms with Crippen molar-refractivity contribution in [1.82, 2.24) is 19.9 Å². The molecule has 0 fully saturated rings. The Morgan fingerprint density at radius 3 is 2.79 bits per heavy atom. The number of halogens is 1. The van der Waals surface area contributed by atoms with Crippen LogP contribution in [0.1, 0.15) is 28.4 Å². The van der Waals surface area contributed by atoms with Crippen LogP contribution in [0.5, 0.6) is 0 Å². The summed E-state index contributed by atoms with van der Waals surface area (Å²) in [6, 6.07) is 9.35. The number of pyridine rings is 1. The van der Waals surface area contributed by atoms with Gasteiger partial charge in [-0.3, -0.25) is 14.0 Å². The van der Waals surface area contributed by atoms with Gasteiger partial charge in [0.25, 0.3) is 5.91 Å². The summed E-state index contributed by atoms with van der Waals surface area (Å²) in [5.74, 6) is -1.44. The number of hydrogen-bond donors (Lipinski definition) is 2. The van der Waals surface area contributed by atoms with Gasteiger partial charge in [0.1, 0.15) is 6.33 Å². The fourth-order valence-corrected chi connectivity index (χ4v) is 2.64. The van der Waals surface area contributed by atoms with Crippen LogP contribution in [0.4, 0.5) is 0 Å². The number of carbonyl (C=O) groups is 2. The third kappa shape index (κ3) is 3.36. The molecule has 2 aromatic heterocycles. The molecule has 0 aliphatic rings. The van der Waals surface area contributed by atoms with Gasteiger partial charge in [0.2, 0.25) is 0 Å². The van der Waals surface area contributed by atoms with E-state index in [9.17, 15) is 9.59 Å². The first kappa shape index (κ1) is 15.9. The average molecular weight is 345 g/mol. The number of nitrogens with zero attached hydrogens (tertiary/aromatic N) is 3. The highest BCUT2D eigenvalue weighted by atomic mass is 35.5. The molecule has 122 valence electrons. The molecular formula is C16H13ClN4O3. The van der Waals surface area contributed by atoms with Crippen molar-refractivity contribution in [2.75, 3.05) is 0 Å². The first-order valence-corrected chi connectivity index (χ1v) is 7.49. The smallest absolute Gasteiger partial charge is 0.305 e. The molecule has 3 rings (SSSR count). The normalized spacial score (nSPS) is 12.0. The monoisotopic (exact) mass is 344 g/mol. The lowest BCUT2D eigenvalue weighted by molar-refractivity contribution is -0.137. The van der Waals surface area contributed by atoms with Gasteiger partial charge in [-0.15, -0.1) is 10.2 Å². The van der Waals surface area contributed by atoms with Crippen LogP contribution in [0, 0.1) is 0 Å². The van der Waals surface area contributed by atoms with Gasteiger partial charge in [-0.2, -0.15) is 0 Å². The van der Waals surface area contributed by atoms with Crippen molar-refractivity contribution >= 4 is 29.1 Å². The van der Waals surface area contributed by atoms with E-state index in [1.54, 1.807) is 47.0 Å². The Morgan fingerprint density at radius 2 is 2.04 bits per heavy atom. The molecule has 24 heavy (non-hydrogen) atoms. The molecule has 0 aliphatic heterocycles. The maximum Gasteiger partial charge on any atom is 0.305 e. The number of aliphatic carboxylic acids is 1. The first-order valence-electron chi connectivity index (χ1n) is 7.11. The van der Waals surface area contributed by atoms with Gasteiger partial charge >= 0.3 is 5.97 Å². The lowest BCUT2D eigenvalue weighted by Crippen LogP contribution is -2.30. The number of nitrogens with one attached hydrogen (secondary N) is 1. The molecule has 0 aliphatic carbocycles. The molecule has 7 nitrogen and oxygen atoms in total. The summed E-state index contributed by atoms with van der Waals surface area (Å²) in [6.07, 6.45) is 2.79. The molecule has 3 aromatic rings. The molecule has 0 radical (unpaired) electrons. The highest BCUT2D eigenvalue weighted by Crippen LogP contribution is 2.25. The van der Waals surface area contributed by atoms with Crippen LogP contribution in [-0.2, 0) is 4.79 Å². The quantitative estimate of drug-likeness (QED) is 0.740. The van der Waals surface area contributed by atoms with E-state index in [1.807, 2.05) is 0 Å². The summed E-state index contributed by atoms with van der Waals surface area (Å²) in [4.78, 5) is 23.6. The SMILES string of the molecule is O=C(O)C[C@@H](NC(=O)c1ccc2nncn2c1)c1ccccc1Cl. The van der Waals surface area contributed by atoms with Gasteiger partial charge in [-0.05, 0) is 23.8 Å². The highest BCUT2D eigenvalue weighted by Gasteiger charge is 2.21. The minimum absolute atomic E-state index is 0.273. The van der Waals surface area contributed by atoms with Crippen LogP contribution >= 0.6 is 11.6 Å². The summed E-state index contributed by atoms with van der Waals surface area (Å²) in [6.45, 7) is 0. The Balaban J connectivity index is 1.87. The molecule has 0 unspecified atom stereocenters. The van der Waals surface area contributed by atoms with Crippen LogP contribution < -0.4 is 5.32 Å². The van der Waals surface area contributed by atoms with E-state index in [0.29, 0.717) is 21.8 Å². The molecule has 0 bridgehead atoms. The predicted octanol–water partition coefficient (Wildman–Crippen LogP) is 2.33. The minimum atomic E-state index is -1.03. The summed E-state index contributed by atoms with van der Waals surface area (Å²) in [5, 5.41) is 19.9. The zero-order chi connectivity index (χ0) is 17.1. The highest BCUT2D eigenvalue weighted by molar-refractivity contribution is 6.31. The topological polar surface area (TPSA) is 96.6 Å². The molecular weight excluding hydrogens is 332 g/mol. The summed E-state index contributed by atoms with van der Waals surface area (Å²) in [7, 11) is 0. The summed E-state index contributed by atoms with van der Waals surface area (Å²) >= 11 is 6.13. The molecule has 0 saturated carbocycles. The number of carboxylic acids is 1. The second-order valence-electron chi connectivity index (χ2n) is 5.16. The molecule has 1 amide bonds. The van der Waals surface area contributed by atoms with Crippen LogP contribution in [0.25, 0.3) is 5.65 Å². The predicted molar refractivity (Wildman–Crippen MR) is 86.9 cm³/mol. The van der Waals surface area contributed by atoms with Crippen molar-refractivity contribution < 1.29 is 14.7 Å². The number of rotatable bonds is 5. The van der Waals surface area contributed by atoms with Gasteiger partial charge < -0.3 is 10.4 Å². The maximum absolute atomic E-state index is 12.5. The summed E-state index contributed by atoms with van der Waals surface area (Å²) in [5.41, 5.74) is 1.53. The molecule has 0 saturated heterocycles. The van der Waals surface area contributed by atoms with Crippen molar-refractivity contribution in [3.8, 4) is 0 Å². The van der Waals surface area contributed by atoms with Gasteiger partial charge in [-0.25, -0.2) is 0 Å². The Hall–Kier alpha value is -2.93. The Bertz CT molecular complexity index is 909. The van der Waals surface area contributed by atoms with Crippen molar-refractivity contribution in [3.63, 3.8) is 0 Å². The van der Waals surface area contributed by atoms with Gasteiger partial charge in [0, 0.05) is 11.2 Å². The fourth-order valence-electron chi connectivity index (χ4n) is 2.37. The lowest BCUT2D eigenvalue weighted by Gasteiger charge is -2.18. The van der Waals surface area contributed by atoms with Gasteiger partial charge in [0.15, 0.2) is 5.65 Å². The van der Waals surface area contributed by atoms with E-state index in [0.717, 1.165) is 0 Å². The van der Waals surface area contributed by atoms with Crippen molar-refractivity contribution in [3.05, 3.63) is 65.1 Å². The standard InChI is InChI=1S/C16H13ClN4O3/c17-12-4-2-1-3-11(12)13(7-15(22)23)19-16(24)10-5-6-14-20-18-9-21(14)8-10/h1-6,8-9,13H,7H2,(H,19,24)(H,22,23)/t13-/m1/s1. The fraction of sp³-hybridized carbons (Fsp3) is 0.125. The molecule has 1 atom stereocenters. The third-order valence-corrected chi connectivity index (χ3v) is 3.86. The summed E-state index contributed by atoms with van der Waals surface area (Å²) < 4.78 is 1.61. The number of benzene rings is 1. The first-order chi connectivity index (χ1) is 11.5. The van der Waals surface area contributed by atoms with E-state index in [-0.39, 0.29) is 6.42 Å². The van der Waals surface area contributed by atoms with Crippen molar-refractivity contribution in [2.24, 2.45) is 0 Å². The molecule has 8 heteroatoms. The Morgan fingerprint density at radius 1 is 1.25 bits per heavy atom. The third-order valence-electron chi connectivity index (χ3n) is 3.52. The lowest BCUT2D eigenvalue weighted by atomic mass is 10.0. The van der Waals surface area contributed by atoms with E-state index in [2.05, 4.69) is 15.5 Å². The van der Waals surface area contributed by atoms with Crippen molar-refractivity contribution in [1.29, 1.82) is 0 Å². The largest absolute Gasteiger partial charge is 0.481 e. The second kappa shape index (κ2) is 6.67. The maximum atomic E-state index is 12.5. The second-order valence-corrected chi connectivity index (χ2v) is 5.57. The Kier molecular flexibility index (Phi) is 4.43. The molecule has 2 N–H and O–H groups in total. The van der Waals surface area contributed by atoms with E-state index < -0.39 is 17.9 Å². The molecule has 2 heterocycles. The molecule has 0 spiro atoms. The number of amides is 1. The van der Waals surface area contributed by atoms with Crippen LogP contribution in [0.3, 0.4) is 0 Å². The average Bonchev–Trinajstić information content (AvgIpc) is 3.01. The van der Waals surface area contributed by atoms with Gasteiger partial charge in [0.05, 0.1) is 18.0 Å². The zero-order valence-electron chi connectivity index (χ0n) is 12.4. The minimum Gasteiger partial charge on any atom is -0.481 e. The van der Waals surface area contributed by atoms with E-state index >= 15 is 0 Å². The zero-order valence-corrected chi connectivity index (χ0v) is 13.1. The van der Waals surface area contributed by atoms with Crippen LogP contribution in [-0.4, -0.2) is 31.6 Å². The van der Waals surface area contributed by atoms with Crippen LogP contribution in [0.15, 0.2) is 48.9 Å². The Labute approximate surface area is 141 Å². The molecule has 1 aromatic carbocycles. The van der Waals surface area contributed by atoms with Crippen molar-refractivity contribution in [2.45, 2.75) is 12.5 Å². The van der Waals surface area contributed by atoms with Crippen LogP contribution in [0.2, 0.25) is 5.02 Å². The number of hydrogen-bond acceptors (Lipinski definition) is 4. The number of carbonyl (C=O) groups excluding carboxylic acids is 1. The number of fused-ring (bicyclic) bond motifs is 1.